The predicted molar refractivity (Wildman–Crippen MR) is 85.0 cm³/mol. The van der Waals surface area contributed by atoms with Crippen molar-refractivity contribution in [2.75, 3.05) is 0 Å². The topological polar surface area (TPSA) is 74.8 Å². The molecule has 0 aliphatic carbocycles. The van der Waals surface area contributed by atoms with Crippen LogP contribution in [0.5, 0.6) is 0 Å². The van der Waals surface area contributed by atoms with Gasteiger partial charge in [0.2, 0.25) is 0 Å². The van der Waals surface area contributed by atoms with Gasteiger partial charge in [0.25, 0.3) is 11.5 Å². The van der Waals surface area contributed by atoms with Crippen LogP contribution in [0.4, 0.5) is 13.2 Å². The van der Waals surface area contributed by atoms with Gasteiger partial charge < -0.3 is 5.32 Å². The molecule has 0 saturated heterocycles. The third-order valence-electron chi connectivity index (χ3n) is 3.67. The number of benzene rings is 2. The van der Waals surface area contributed by atoms with Gasteiger partial charge in [0.1, 0.15) is 0 Å². The minimum Gasteiger partial charge on any atom is -0.346 e. The molecular formula is C17H12F3N3O2. The highest BCUT2D eigenvalue weighted by Gasteiger charge is 2.34. The summed E-state index contributed by atoms with van der Waals surface area (Å²) in [4.78, 5) is 23.9. The Morgan fingerprint density at radius 1 is 1.04 bits per heavy atom. The van der Waals surface area contributed by atoms with Gasteiger partial charge in [-0.05, 0) is 18.2 Å². The predicted octanol–water partition coefficient (Wildman–Crippen LogP) is 2.87. The van der Waals surface area contributed by atoms with Crippen LogP contribution in [-0.2, 0) is 12.7 Å². The van der Waals surface area contributed by atoms with Crippen LogP contribution < -0.4 is 10.9 Å². The molecule has 5 nitrogen and oxygen atoms in total. The Morgan fingerprint density at radius 2 is 1.68 bits per heavy atom. The van der Waals surface area contributed by atoms with E-state index in [0.29, 0.717) is 16.5 Å². The summed E-state index contributed by atoms with van der Waals surface area (Å²) in [5, 5.41) is 9.50. The number of hydrogen-bond donors (Lipinski definition) is 2. The number of alkyl halides is 3. The van der Waals surface area contributed by atoms with Gasteiger partial charge in [0, 0.05) is 5.39 Å². The quantitative estimate of drug-likeness (QED) is 0.765. The van der Waals surface area contributed by atoms with E-state index in [0.717, 1.165) is 12.1 Å². The number of nitrogens with one attached hydrogen (secondary N) is 2. The lowest BCUT2D eigenvalue weighted by Gasteiger charge is -2.12. The van der Waals surface area contributed by atoms with Gasteiger partial charge in [-0.3, -0.25) is 9.59 Å². The van der Waals surface area contributed by atoms with Gasteiger partial charge in [-0.25, -0.2) is 5.10 Å². The van der Waals surface area contributed by atoms with Crippen LogP contribution in [0.15, 0.2) is 53.3 Å². The van der Waals surface area contributed by atoms with Crippen LogP contribution in [0.3, 0.4) is 0 Å². The maximum Gasteiger partial charge on any atom is 0.417 e. The molecular weight excluding hydrogens is 335 g/mol. The summed E-state index contributed by atoms with van der Waals surface area (Å²) in [5.41, 5.74) is -1.50. The van der Waals surface area contributed by atoms with Crippen molar-refractivity contribution in [2.24, 2.45) is 0 Å². The van der Waals surface area contributed by atoms with Gasteiger partial charge in [-0.1, -0.05) is 30.3 Å². The average Bonchev–Trinajstić information content (AvgIpc) is 2.60. The molecule has 3 aromatic rings. The van der Waals surface area contributed by atoms with E-state index >= 15 is 0 Å². The fourth-order valence-corrected chi connectivity index (χ4v) is 2.49. The monoisotopic (exact) mass is 347 g/mol. The van der Waals surface area contributed by atoms with Crippen molar-refractivity contribution < 1.29 is 18.0 Å². The van der Waals surface area contributed by atoms with E-state index in [9.17, 15) is 22.8 Å². The molecule has 0 bridgehead atoms. The lowest BCUT2D eigenvalue weighted by molar-refractivity contribution is -0.137. The van der Waals surface area contributed by atoms with Gasteiger partial charge in [0.15, 0.2) is 0 Å². The summed E-state index contributed by atoms with van der Waals surface area (Å²) in [6, 6.07) is 11.2. The second-order valence-corrected chi connectivity index (χ2v) is 5.27. The largest absolute Gasteiger partial charge is 0.417 e. The molecule has 25 heavy (non-hydrogen) atoms. The number of carbonyl (C=O) groups excluding carboxylic acids is 1. The summed E-state index contributed by atoms with van der Waals surface area (Å²) < 4.78 is 39.0. The van der Waals surface area contributed by atoms with Crippen molar-refractivity contribution in [3.05, 3.63) is 75.7 Å². The Balaban J connectivity index is 1.88. The lowest BCUT2D eigenvalue weighted by Crippen LogP contribution is -2.27. The minimum atomic E-state index is -4.63. The fourth-order valence-electron chi connectivity index (χ4n) is 2.49. The molecule has 0 radical (unpaired) electrons. The first-order chi connectivity index (χ1) is 11.9. The molecule has 0 atom stereocenters. The first-order valence-corrected chi connectivity index (χ1v) is 7.28. The number of fused-ring (bicyclic) bond motifs is 1. The lowest BCUT2D eigenvalue weighted by atomic mass is 10.1. The van der Waals surface area contributed by atoms with Crippen LogP contribution in [0, 0.1) is 0 Å². The van der Waals surface area contributed by atoms with Crippen LogP contribution in [0.1, 0.15) is 21.6 Å². The molecule has 0 unspecified atom stereocenters. The van der Waals surface area contributed by atoms with E-state index in [-0.39, 0.29) is 12.1 Å². The van der Waals surface area contributed by atoms with E-state index in [1.54, 1.807) is 24.3 Å². The number of rotatable bonds is 3. The van der Waals surface area contributed by atoms with E-state index in [2.05, 4.69) is 15.5 Å². The maximum absolute atomic E-state index is 13.0. The smallest absolute Gasteiger partial charge is 0.346 e. The molecule has 3 rings (SSSR count). The zero-order chi connectivity index (χ0) is 18.0. The Bertz CT molecular complexity index is 996. The minimum absolute atomic E-state index is 0.123. The third kappa shape index (κ3) is 3.37. The third-order valence-corrected chi connectivity index (χ3v) is 3.67. The molecule has 1 heterocycles. The standard InChI is InChI=1S/C17H12F3N3O2/c18-17(19,20)13-8-4-3-7-12(13)15(24)21-9-14-10-5-1-2-6-11(10)16(25)23-22-14/h1-8H,9H2,(H,21,24)(H,23,25). The van der Waals surface area contributed by atoms with Crippen molar-refractivity contribution in [2.45, 2.75) is 12.7 Å². The molecule has 128 valence electrons. The Kier molecular flexibility index (Phi) is 4.26. The molecule has 2 N–H and O–H groups in total. The van der Waals surface area contributed by atoms with Crippen LogP contribution in [0.25, 0.3) is 10.8 Å². The molecule has 0 saturated carbocycles. The highest BCUT2D eigenvalue weighted by molar-refractivity contribution is 5.96. The molecule has 1 aromatic heterocycles. The molecule has 0 fully saturated rings. The summed E-state index contributed by atoms with van der Waals surface area (Å²) in [7, 11) is 0. The average molecular weight is 347 g/mol. The normalized spacial score (nSPS) is 11.5. The molecule has 8 heteroatoms. The van der Waals surface area contributed by atoms with Gasteiger partial charge in [0.05, 0.1) is 28.8 Å². The summed E-state index contributed by atoms with van der Waals surface area (Å²) in [5.74, 6) is -0.870. The highest BCUT2D eigenvalue weighted by Crippen LogP contribution is 2.31. The summed E-state index contributed by atoms with van der Waals surface area (Å²) >= 11 is 0. The number of hydrogen-bond acceptors (Lipinski definition) is 3. The SMILES string of the molecule is O=C(NCc1n[nH]c(=O)c2ccccc12)c1ccccc1C(F)(F)F. The van der Waals surface area contributed by atoms with E-state index in [4.69, 9.17) is 0 Å². The molecule has 2 aromatic carbocycles. The zero-order valence-electron chi connectivity index (χ0n) is 12.7. The van der Waals surface area contributed by atoms with Crippen molar-refractivity contribution in [3.63, 3.8) is 0 Å². The van der Waals surface area contributed by atoms with Gasteiger partial charge >= 0.3 is 6.18 Å². The van der Waals surface area contributed by atoms with Crippen molar-refractivity contribution in [1.82, 2.24) is 15.5 Å². The van der Waals surface area contributed by atoms with E-state index in [1.165, 1.54) is 12.1 Å². The first kappa shape index (κ1) is 16.7. The van der Waals surface area contributed by atoms with Gasteiger partial charge in [-0.15, -0.1) is 0 Å². The van der Waals surface area contributed by atoms with E-state index < -0.39 is 23.2 Å². The number of halogens is 3. The molecule has 0 aliphatic rings. The number of amides is 1. The molecule has 0 spiro atoms. The number of nitrogens with zero attached hydrogens (tertiary/aromatic N) is 1. The summed E-state index contributed by atoms with van der Waals surface area (Å²) in [6.07, 6.45) is -4.63. The summed E-state index contributed by atoms with van der Waals surface area (Å²) in [6.45, 7) is -0.123. The number of aromatic amines is 1. The highest BCUT2D eigenvalue weighted by atomic mass is 19.4. The number of aromatic nitrogens is 2. The number of carbonyl (C=O) groups is 1. The van der Waals surface area contributed by atoms with Crippen molar-refractivity contribution in [3.8, 4) is 0 Å². The van der Waals surface area contributed by atoms with Gasteiger partial charge in [-0.2, -0.15) is 18.3 Å². The maximum atomic E-state index is 13.0. The second-order valence-electron chi connectivity index (χ2n) is 5.27. The van der Waals surface area contributed by atoms with Crippen molar-refractivity contribution >= 4 is 16.7 Å². The number of H-pyrrole nitrogens is 1. The molecule has 0 aliphatic heterocycles. The van der Waals surface area contributed by atoms with Crippen LogP contribution >= 0.6 is 0 Å². The van der Waals surface area contributed by atoms with Crippen molar-refractivity contribution in [1.29, 1.82) is 0 Å². The zero-order valence-corrected chi connectivity index (χ0v) is 12.7. The fraction of sp³-hybridized carbons (Fsp3) is 0.118. The Labute approximate surface area is 139 Å². The van der Waals surface area contributed by atoms with E-state index in [1.807, 2.05) is 0 Å². The second kappa shape index (κ2) is 6.39. The first-order valence-electron chi connectivity index (χ1n) is 7.28. The molecule has 1 amide bonds. The van der Waals surface area contributed by atoms with Crippen LogP contribution in [-0.4, -0.2) is 16.1 Å². The van der Waals surface area contributed by atoms with Crippen LogP contribution in [0.2, 0.25) is 0 Å². The Morgan fingerprint density at radius 3 is 2.40 bits per heavy atom. The Hall–Kier alpha value is -3.16.